The molecule has 0 N–H and O–H groups in total. The van der Waals surface area contributed by atoms with Gasteiger partial charge in [-0.25, -0.2) is 0 Å². The number of benzene rings is 1. The summed E-state index contributed by atoms with van der Waals surface area (Å²) in [7, 11) is 0. The summed E-state index contributed by atoms with van der Waals surface area (Å²) in [5, 5.41) is 0. The lowest BCUT2D eigenvalue weighted by Crippen LogP contribution is -2.02. The molecule has 1 heteroatoms. The number of rotatable bonds is 10. The molecule has 0 aliphatic carbocycles. The summed E-state index contributed by atoms with van der Waals surface area (Å²) < 4.78 is 0. The van der Waals surface area contributed by atoms with Crippen LogP contribution in [0.15, 0.2) is 30.3 Å². The van der Waals surface area contributed by atoms with Gasteiger partial charge in [0.2, 0.25) is 0 Å². The predicted molar refractivity (Wildman–Crippen MR) is 85.5 cm³/mol. The first kappa shape index (κ1) is 15.8. The largest absolute Gasteiger partial charge is 0.0887 e. The van der Waals surface area contributed by atoms with Crippen LogP contribution in [0, 0.1) is 0 Å². The molecule has 1 rings (SSSR count). The Morgan fingerprint density at radius 2 is 1.50 bits per heavy atom. The van der Waals surface area contributed by atoms with Crippen molar-refractivity contribution >= 4 is 15.9 Å². The Kier molecular flexibility index (Phi) is 9.28. The Labute approximate surface area is 121 Å². The van der Waals surface area contributed by atoms with E-state index in [-0.39, 0.29) is 0 Å². The van der Waals surface area contributed by atoms with Crippen molar-refractivity contribution in [3.63, 3.8) is 0 Å². The van der Waals surface area contributed by atoms with E-state index in [1.165, 1.54) is 56.9 Å². The van der Waals surface area contributed by atoms with Crippen LogP contribution in [0.4, 0.5) is 0 Å². The average Bonchev–Trinajstić information content (AvgIpc) is 2.39. The van der Waals surface area contributed by atoms with Crippen molar-refractivity contribution in [2.75, 3.05) is 0 Å². The Morgan fingerprint density at radius 1 is 0.889 bits per heavy atom. The second-order valence-corrected chi connectivity index (χ2v) is 6.49. The van der Waals surface area contributed by atoms with E-state index in [1.54, 1.807) is 0 Å². The molecule has 102 valence electrons. The smallest absolute Gasteiger partial charge is 0.0186 e. The van der Waals surface area contributed by atoms with E-state index < -0.39 is 0 Å². The highest BCUT2D eigenvalue weighted by Crippen LogP contribution is 2.17. The topological polar surface area (TPSA) is 0 Å². The fourth-order valence-electron chi connectivity index (χ4n) is 2.29. The first-order valence-electron chi connectivity index (χ1n) is 7.51. The second kappa shape index (κ2) is 10.6. The summed E-state index contributed by atoms with van der Waals surface area (Å²) in [6, 6.07) is 10.8. The minimum absolute atomic E-state index is 0.649. The summed E-state index contributed by atoms with van der Waals surface area (Å²) in [6.45, 7) is 2.28. The van der Waals surface area contributed by atoms with Crippen LogP contribution in [0.1, 0.15) is 63.9 Å². The molecule has 0 nitrogen and oxygen atoms in total. The third-order valence-electron chi connectivity index (χ3n) is 3.42. The highest BCUT2D eigenvalue weighted by Gasteiger charge is 2.04. The first-order chi connectivity index (χ1) is 8.83. The third-order valence-corrected chi connectivity index (χ3v) is 4.20. The van der Waals surface area contributed by atoms with Crippen LogP contribution in [0.3, 0.4) is 0 Å². The second-order valence-electron chi connectivity index (χ2n) is 5.20. The van der Waals surface area contributed by atoms with Gasteiger partial charge < -0.3 is 0 Å². The third kappa shape index (κ3) is 7.92. The number of hydrogen-bond donors (Lipinski definition) is 0. The van der Waals surface area contributed by atoms with E-state index >= 15 is 0 Å². The van der Waals surface area contributed by atoms with Crippen molar-refractivity contribution in [1.29, 1.82) is 0 Å². The van der Waals surface area contributed by atoms with Gasteiger partial charge in [0.25, 0.3) is 0 Å². The van der Waals surface area contributed by atoms with Crippen molar-refractivity contribution in [3.8, 4) is 0 Å². The molecule has 0 fully saturated rings. The lowest BCUT2D eigenvalue weighted by molar-refractivity contribution is 0.570. The minimum atomic E-state index is 0.649. The molecule has 0 spiro atoms. The van der Waals surface area contributed by atoms with Gasteiger partial charge in [-0.15, -0.1) is 0 Å². The summed E-state index contributed by atoms with van der Waals surface area (Å²) in [4.78, 5) is 0.649. The molecular formula is C17H27Br. The number of hydrogen-bond acceptors (Lipinski definition) is 0. The number of unbranched alkanes of at least 4 members (excludes halogenated alkanes) is 6. The number of halogens is 1. The highest BCUT2D eigenvalue weighted by atomic mass is 79.9. The van der Waals surface area contributed by atoms with Crippen molar-refractivity contribution in [1.82, 2.24) is 0 Å². The maximum Gasteiger partial charge on any atom is 0.0186 e. The zero-order valence-electron chi connectivity index (χ0n) is 11.7. The summed E-state index contributed by atoms with van der Waals surface area (Å²) >= 11 is 3.81. The van der Waals surface area contributed by atoms with E-state index in [0.29, 0.717) is 4.83 Å². The van der Waals surface area contributed by atoms with Gasteiger partial charge in [0.1, 0.15) is 0 Å². The van der Waals surface area contributed by atoms with Crippen LogP contribution in [-0.4, -0.2) is 4.83 Å². The lowest BCUT2D eigenvalue weighted by Gasteiger charge is -2.09. The zero-order chi connectivity index (χ0) is 13.1. The minimum Gasteiger partial charge on any atom is -0.0887 e. The molecule has 1 unspecified atom stereocenters. The monoisotopic (exact) mass is 310 g/mol. The molecule has 0 saturated carbocycles. The Hall–Kier alpha value is -0.300. The van der Waals surface area contributed by atoms with Gasteiger partial charge in [-0.05, 0) is 18.4 Å². The van der Waals surface area contributed by atoms with Crippen LogP contribution in [0.5, 0.6) is 0 Å². The van der Waals surface area contributed by atoms with Crippen molar-refractivity contribution < 1.29 is 0 Å². The number of alkyl halides is 1. The quantitative estimate of drug-likeness (QED) is 0.360. The predicted octanol–water partition coefficient (Wildman–Crippen LogP) is 6.13. The van der Waals surface area contributed by atoms with Gasteiger partial charge in [0, 0.05) is 4.83 Å². The molecule has 0 saturated heterocycles. The maximum atomic E-state index is 3.81. The molecule has 0 radical (unpaired) electrons. The molecule has 0 aliphatic heterocycles. The molecule has 0 amide bonds. The fraction of sp³-hybridized carbons (Fsp3) is 0.647. The van der Waals surface area contributed by atoms with Gasteiger partial charge in [0.15, 0.2) is 0 Å². The van der Waals surface area contributed by atoms with Gasteiger partial charge in [0.05, 0.1) is 0 Å². The van der Waals surface area contributed by atoms with Crippen molar-refractivity contribution in [2.45, 2.75) is 69.5 Å². The van der Waals surface area contributed by atoms with E-state index in [0.717, 1.165) is 6.42 Å². The van der Waals surface area contributed by atoms with E-state index in [1.807, 2.05) is 0 Å². The van der Waals surface area contributed by atoms with Crippen molar-refractivity contribution in [2.24, 2.45) is 0 Å². The first-order valence-corrected chi connectivity index (χ1v) is 8.42. The Morgan fingerprint density at radius 3 is 2.17 bits per heavy atom. The standard InChI is InChI=1S/C17H27Br/c1-2-3-4-5-6-7-11-14-17(18)15-16-12-9-8-10-13-16/h8-10,12-13,17H,2-7,11,14-15H2,1H3. The molecule has 18 heavy (non-hydrogen) atoms. The molecule has 0 aliphatic rings. The van der Waals surface area contributed by atoms with Crippen molar-refractivity contribution in [3.05, 3.63) is 35.9 Å². The van der Waals surface area contributed by atoms with E-state index in [9.17, 15) is 0 Å². The molecule has 1 atom stereocenters. The van der Waals surface area contributed by atoms with Gasteiger partial charge in [-0.3, -0.25) is 0 Å². The van der Waals surface area contributed by atoms with Crippen LogP contribution in [0.2, 0.25) is 0 Å². The molecule has 0 aromatic heterocycles. The van der Waals surface area contributed by atoms with Crippen LogP contribution in [0.25, 0.3) is 0 Å². The highest BCUT2D eigenvalue weighted by molar-refractivity contribution is 9.09. The zero-order valence-corrected chi connectivity index (χ0v) is 13.3. The van der Waals surface area contributed by atoms with Crippen LogP contribution in [-0.2, 0) is 6.42 Å². The van der Waals surface area contributed by atoms with Gasteiger partial charge in [-0.2, -0.15) is 0 Å². The summed E-state index contributed by atoms with van der Waals surface area (Å²) in [6.07, 6.45) is 12.3. The summed E-state index contributed by atoms with van der Waals surface area (Å²) in [5.41, 5.74) is 1.45. The van der Waals surface area contributed by atoms with Gasteiger partial charge >= 0.3 is 0 Å². The molecule has 1 aromatic rings. The summed E-state index contributed by atoms with van der Waals surface area (Å²) in [5.74, 6) is 0. The fourth-order valence-corrected chi connectivity index (χ4v) is 2.99. The van der Waals surface area contributed by atoms with Gasteiger partial charge in [-0.1, -0.05) is 98.1 Å². The SMILES string of the molecule is CCCCCCCCCC(Br)Cc1ccccc1. The Bertz CT molecular complexity index is 281. The normalized spacial score (nSPS) is 12.6. The molecule has 0 bridgehead atoms. The molecule has 1 aromatic carbocycles. The average molecular weight is 311 g/mol. The molecular weight excluding hydrogens is 284 g/mol. The lowest BCUT2D eigenvalue weighted by atomic mass is 10.0. The van der Waals surface area contributed by atoms with E-state index in [2.05, 4.69) is 53.2 Å². The Balaban J connectivity index is 1.99. The van der Waals surface area contributed by atoms with E-state index in [4.69, 9.17) is 0 Å². The maximum absolute atomic E-state index is 3.81. The molecule has 0 heterocycles. The van der Waals surface area contributed by atoms with Crippen LogP contribution >= 0.6 is 15.9 Å². The van der Waals surface area contributed by atoms with Crippen LogP contribution < -0.4 is 0 Å².